The normalized spacial score (nSPS) is 14.8. The van der Waals surface area contributed by atoms with Crippen molar-refractivity contribution in [3.05, 3.63) is 71.8 Å². The maximum absolute atomic E-state index is 13.7. The minimum Gasteiger partial charge on any atom is -0.496 e. The lowest BCUT2D eigenvalue weighted by atomic mass is 9.80. The number of aliphatic carboxylic acids is 1. The van der Waals surface area contributed by atoms with Crippen molar-refractivity contribution >= 4 is 29.2 Å². The van der Waals surface area contributed by atoms with Gasteiger partial charge >= 0.3 is 5.97 Å². The first kappa shape index (κ1) is 26.0. The topological polar surface area (TPSA) is 135 Å². The first-order valence-electron chi connectivity index (χ1n) is 12.5. The Balaban J connectivity index is 1.37. The van der Waals surface area contributed by atoms with Gasteiger partial charge in [0.15, 0.2) is 0 Å². The molecule has 0 atom stereocenters. The van der Waals surface area contributed by atoms with Gasteiger partial charge in [0.25, 0.3) is 5.91 Å². The van der Waals surface area contributed by atoms with E-state index in [4.69, 9.17) is 15.5 Å². The van der Waals surface area contributed by atoms with Crippen LogP contribution in [0.25, 0.3) is 16.8 Å². The van der Waals surface area contributed by atoms with Crippen molar-refractivity contribution in [3.8, 4) is 17.0 Å². The highest BCUT2D eigenvalue weighted by Crippen LogP contribution is 2.36. The monoisotopic (exact) mass is 532 g/mol. The second-order valence-corrected chi connectivity index (χ2v) is 9.87. The molecular weight excluding hydrogens is 503 g/mol. The highest BCUT2D eigenvalue weighted by Gasteiger charge is 2.38. The molecule has 0 saturated carbocycles. The second kappa shape index (κ2) is 10.2. The van der Waals surface area contributed by atoms with E-state index in [1.807, 2.05) is 28.7 Å². The molecule has 11 heteroatoms. The lowest BCUT2D eigenvalue weighted by Gasteiger charge is -2.36. The Morgan fingerprint density at radius 1 is 1.18 bits per heavy atom. The molecule has 0 spiro atoms. The van der Waals surface area contributed by atoms with Gasteiger partial charge in [0, 0.05) is 37.6 Å². The Morgan fingerprint density at radius 3 is 2.56 bits per heavy atom. The van der Waals surface area contributed by atoms with E-state index in [0.29, 0.717) is 54.7 Å². The lowest BCUT2D eigenvalue weighted by Crippen LogP contribution is -2.43. The number of nitrogen functional groups attached to an aromatic ring is 1. The van der Waals surface area contributed by atoms with Crippen LogP contribution in [-0.4, -0.2) is 51.6 Å². The SMILES string of the molecule is COc1ccc(F)cc1C(=O)NCc1ccc(-c2nc(N3CCC(C)(C(=O)O)CC3)n3ccnc(N)c23)cc1. The van der Waals surface area contributed by atoms with Crippen molar-refractivity contribution in [1.82, 2.24) is 19.7 Å². The van der Waals surface area contributed by atoms with E-state index in [1.54, 1.807) is 19.3 Å². The van der Waals surface area contributed by atoms with Crippen LogP contribution < -0.4 is 20.7 Å². The highest BCUT2D eigenvalue weighted by molar-refractivity contribution is 5.97. The van der Waals surface area contributed by atoms with Gasteiger partial charge in [-0.25, -0.2) is 14.4 Å². The number of rotatable bonds is 7. The highest BCUT2D eigenvalue weighted by atomic mass is 19.1. The molecule has 39 heavy (non-hydrogen) atoms. The van der Waals surface area contributed by atoms with Crippen molar-refractivity contribution in [3.63, 3.8) is 0 Å². The Hall–Kier alpha value is -4.67. The first-order valence-corrected chi connectivity index (χ1v) is 12.5. The largest absolute Gasteiger partial charge is 0.496 e. The molecule has 4 N–H and O–H groups in total. The molecule has 1 saturated heterocycles. The molecule has 3 heterocycles. The fraction of sp³-hybridized carbons (Fsp3) is 0.286. The van der Waals surface area contributed by atoms with Crippen LogP contribution in [0.2, 0.25) is 0 Å². The number of carbonyl (C=O) groups excluding carboxylic acids is 1. The number of carboxylic acids is 1. The number of hydrogen-bond acceptors (Lipinski definition) is 7. The molecule has 2 aromatic carbocycles. The lowest BCUT2D eigenvalue weighted by molar-refractivity contribution is -0.149. The van der Waals surface area contributed by atoms with E-state index < -0.39 is 23.1 Å². The summed E-state index contributed by atoms with van der Waals surface area (Å²) < 4.78 is 20.7. The predicted molar refractivity (Wildman–Crippen MR) is 144 cm³/mol. The number of carbonyl (C=O) groups is 2. The third kappa shape index (κ3) is 4.95. The van der Waals surface area contributed by atoms with Crippen LogP contribution in [0.1, 0.15) is 35.7 Å². The number of anilines is 2. The van der Waals surface area contributed by atoms with Crippen LogP contribution in [0, 0.1) is 11.2 Å². The zero-order valence-electron chi connectivity index (χ0n) is 21.6. The molecular formula is C28H29FN6O4. The number of aromatic nitrogens is 3. The molecule has 10 nitrogen and oxygen atoms in total. The van der Waals surface area contributed by atoms with Gasteiger partial charge in [-0.3, -0.25) is 14.0 Å². The molecule has 1 amide bonds. The van der Waals surface area contributed by atoms with Crippen molar-refractivity contribution < 1.29 is 23.8 Å². The van der Waals surface area contributed by atoms with E-state index in [2.05, 4.69) is 15.2 Å². The van der Waals surface area contributed by atoms with Crippen LogP contribution >= 0.6 is 0 Å². The third-order valence-electron chi connectivity index (χ3n) is 7.32. The number of ether oxygens (including phenoxy) is 1. The predicted octanol–water partition coefficient (Wildman–Crippen LogP) is 3.75. The maximum Gasteiger partial charge on any atom is 0.309 e. The zero-order chi connectivity index (χ0) is 27.7. The third-order valence-corrected chi connectivity index (χ3v) is 7.32. The minimum absolute atomic E-state index is 0.121. The summed E-state index contributed by atoms with van der Waals surface area (Å²) in [6, 6.07) is 11.3. The Bertz CT molecular complexity index is 1540. The minimum atomic E-state index is -0.782. The number of imidazole rings is 1. The summed E-state index contributed by atoms with van der Waals surface area (Å²) in [6.07, 6.45) is 4.43. The molecule has 1 aliphatic rings. The number of carboxylic acid groups (broad SMARTS) is 1. The number of methoxy groups -OCH3 is 1. The molecule has 5 rings (SSSR count). The van der Waals surface area contributed by atoms with Crippen molar-refractivity contribution in [2.75, 3.05) is 30.8 Å². The number of nitrogens with one attached hydrogen (secondary N) is 1. The molecule has 1 fully saturated rings. The van der Waals surface area contributed by atoms with Crippen LogP contribution in [0.15, 0.2) is 54.9 Å². The molecule has 2 aromatic heterocycles. The maximum atomic E-state index is 13.7. The number of benzene rings is 2. The van der Waals surface area contributed by atoms with Crippen LogP contribution in [-0.2, 0) is 11.3 Å². The van der Waals surface area contributed by atoms with E-state index in [9.17, 15) is 19.1 Å². The number of fused-ring (bicyclic) bond motifs is 1. The summed E-state index contributed by atoms with van der Waals surface area (Å²) in [5.41, 5.74) is 8.60. The van der Waals surface area contributed by atoms with Crippen molar-refractivity contribution in [2.45, 2.75) is 26.3 Å². The van der Waals surface area contributed by atoms with Crippen LogP contribution in [0.5, 0.6) is 5.75 Å². The summed E-state index contributed by atoms with van der Waals surface area (Å²) in [6.45, 7) is 3.12. The Kier molecular flexibility index (Phi) is 6.81. The molecule has 0 unspecified atom stereocenters. The molecule has 1 aliphatic heterocycles. The number of hydrogen-bond donors (Lipinski definition) is 3. The second-order valence-electron chi connectivity index (χ2n) is 9.87. The first-order chi connectivity index (χ1) is 18.7. The molecule has 202 valence electrons. The molecule has 0 bridgehead atoms. The van der Waals surface area contributed by atoms with Gasteiger partial charge in [0.05, 0.1) is 18.1 Å². The smallest absolute Gasteiger partial charge is 0.309 e. The van der Waals surface area contributed by atoms with Crippen LogP contribution in [0.4, 0.5) is 16.2 Å². The number of halogens is 1. The summed E-state index contributed by atoms with van der Waals surface area (Å²) in [7, 11) is 1.42. The number of nitrogens with two attached hydrogens (primary N) is 1. The van der Waals surface area contributed by atoms with Crippen molar-refractivity contribution in [1.29, 1.82) is 0 Å². The Labute approximate surface area is 224 Å². The summed E-state index contributed by atoms with van der Waals surface area (Å²) in [4.78, 5) is 35.5. The average Bonchev–Trinajstić information content (AvgIpc) is 3.33. The van der Waals surface area contributed by atoms with Gasteiger partial charge in [0.1, 0.15) is 28.6 Å². The van der Waals surface area contributed by atoms with Gasteiger partial charge in [-0.2, -0.15) is 0 Å². The number of nitrogens with zero attached hydrogens (tertiary/aromatic N) is 4. The van der Waals surface area contributed by atoms with E-state index in [1.165, 1.54) is 19.2 Å². The molecule has 4 aromatic rings. The van der Waals surface area contributed by atoms with Gasteiger partial charge in [-0.15, -0.1) is 0 Å². The van der Waals surface area contributed by atoms with E-state index in [-0.39, 0.29) is 12.1 Å². The zero-order valence-corrected chi connectivity index (χ0v) is 21.6. The van der Waals surface area contributed by atoms with Crippen LogP contribution in [0.3, 0.4) is 0 Å². The van der Waals surface area contributed by atoms with Crippen molar-refractivity contribution in [2.24, 2.45) is 5.41 Å². The summed E-state index contributed by atoms with van der Waals surface area (Å²) in [5.74, 6) is -0.443. The van der Waals surface area contributed by atoms with E-state index in [0.717, 1.165) is 17.2 Å². The molecule has 0 aliphatic carbocycles. The standard InChI is InChI=1S/C28H29FN6O4/c1-28(26(37)38)9-12-34(13-10-28)27-33-22(23-24(30)31-11-14-35(23)27)18-5-3-17(4-6-18)16-32-25(36)20-15-19(29)7-8-21(20)39-2/h3-8,11,14-15H,9-10,12-13,16H2,1-2H3,(H2,30,31)(H,32,36)(H,37,38). The number of piperidine rings is 1. The number of amides is 1. The van der Waals surface area contributed by atoms with E-state index >= 15 is 0 Å². The summed E-state index contributed by atoms with van der Waals surface area (Å²) in [5, 5.41) is 12.4. The van der Waals surface area contributed by atoms with Gasteiger partial charge < -0.3 is 25.8 Å². The average molecular weight is 533 g/mol. The Morgan fingerprint density at radius 2 is 1.90 bits per heavy atom. The molecule has 0 radical (unpaired) electrons. The van der Waals surface area contributed by atoms with Gasteiger partial charge in [0.2, 0.25) is 5.95 Å². The fourth-order valence-electron chi connectivity index (χ4n) is 4.80. The van der Waals surface area contributed by atoms with Gasteiger partial charge in [-0.1, -0.05) is 24.3 Å². The fourth-order valence-corrected chi connectivity index (χ4v) is 4.80. The quantitative estimate of drug-likeness (QED) is 0.328. The summed E-state index contributed by atoms with van der Waals surface area (Å²) >= 11 is 0. The van der Waals surface area contributed by atoms with Gasteiger partial charge in [-0.05, 0) is 43.5 Å².